The predicted octanol–water partition coefficient (Wildman–Crippen LogP) is 1.34. The molecule has 9 nitrogen and oxygen atoms in total. The van der Waals surface area contributed by atoms with Gasteiger partial charge in [0.15, 0.2) is 0 Å². The van der Waals surface area contributed by atoms with E-state index in [0.717, 1.165) is 65.0 Å². The van der Waals surface area contributed by atoms with Crippen LogP contribution in [0.15, 0.2) is 0 Å². The van der Waals surface area contributed by atoms with Crippen LogP contribution in [-0.2, 0) is 18.9 Å². The van der Waals surface area contributed by atoms with E-state index in [4.69, 9.17) is 30.4 Å². The first-order valence-corrected chi connectivity index (χ1v) is 11.2. The van der Waals surface area contributed by atoms with Crippen molar-refractivity contribution in [2.45, 2.75) is 52.1 Å². The summed E-state index contributed by atoms with van der Waals surface area (Å²) < 4.78 is 21.7. The number of ether oxygens (including phenoxy) is 4. The summed E-state index contributed by atoms with van der Waals surface area (Å²) in [4.78, 5) is 13.9. The summed E-state index contributed by atoms with van der Waals surface area (Å²) in [5.74, 6) is 0. The van der Waals surface area contributed by atoms with Crippen molar-refractivity contribution in [2.75, 3.05) is 78.9 Å². The summed E-state index contributed by atoms with van der Waals surface area (Å²) >= 11 is 0. The fourth-order valence-electron chi connectivity index (χ4n) is 2.58. The van der Waals surface area contributed by atoms with Gasteiger partial charge in [-0.1, -0.05) is 0 Å². The lowest BCUT2D eigenvalue weighted by Crippen LogP contribution is -2.33. The lowest BCUT2D eigenvalue weighted by atomic mass is 10.2. The highest BCUT2D eigenvalue weighted by molar-refractivity contribution is 5.67. The molecule has 0 aliphatic rings. The van der Waals surface area contributed by atoms with Crippen LogP contribution in [0.3, 0.4) is 0 Å². The molecule has 30 heavy (non-hydrogen) atoms. The maximum atomic E-state index is 11.5. The highest BCUT2D eigenvalue weighted by atomic mass is 16.6. The molecule has 0 fully saturated rings. The second kappa shape index (κ2) is 20.0. The van der Waals surface area contributed by atoms with Gasteiger partial charge >= 0.3 is 6.09 Å². The number of carbonyl (C=O) groups excluding carboxylic acids is 1. The predicted molar refractivity (Wildman–Crippen MR) is 120 cm³/mol. The molecule has 0 heterocycles. The van der Waals surface area contributed by atoms with Crippen molar-refractivity contribution in [2.24, 2.45) is 11.5 Å². The van der Waals surface area contributed by atoms with Gasteiger partial charge in [0.1, 0.15) is 5.60 Å². The SMILES string of the molecule is CC(C)(C)OC(=O)NCCCOCCOCCOCCCN(CCCN)CCCN. The third-order valence-electron chi connectivity index (χ3n) is 4.00. The standard InChI is InChI=1S/C21H46N4O5/c1-21(2,3)30-20(26)24-10-6-14-27-16-18-29-19-17-28-15-7-13-25(11-4-8-22)12-5-9-23/h4-19,22-23H2,1-3H3,(H,24,26). The van der Waals surface area contributed by atoms with Crippen molar-refractivity contribution in [3.8, 4) is 0 Å². The van der Waals surface area contributed by atoms with Gasteiger partial charge in [-0.2, -0.15) is 0 Å². The van der Waals surface area contributed by atoms with E-state index in [1.165, 1.54) is 0 Å². The van der Waals surface area contributed by atoms with Gasteiger partial charge in [0, 0.05) is 26.3 Å². The summed E-state index contributed by atoms with van der Waals surface area (Å²) in [5, 5.41) is 2.70. The maximum absolute atomic E-state index is 11.5. The maximum Gasteiger partial charge on any atom is 0.407 e. The summed E-state index contributed by atoms with van der Waals surface area (Å²) in [6.07, 6.45) is 3.36. The van der Waals surface area contributed by atoms with Crippen LogP contribution in [0.1, 0.15) is 46.5 Å². The lowest BCUT2D eigenvalue weighted by Gasteiger charge is -2.21. The zero-order valence-corrected chi connectivity index (χ0v) is 19.5. The Bertz CT molecular complexity index is 386. The van der Waals surface area contributed by atoms with Gasteiger partial charge in [-0.15, -0.1) is 0 Å². The van der Waals surface area contributed by atoms with Gasteiger partial charge < -0.3 is 40.6 Å². The fourth-order valence-corrected chi connectivity index (χ4v) is 2.58. The Balaban J connectivity index is 3.36. The average Bonchev–Trinajstić information content (AvgIpc) is 2.68. The minimum absolute atomic E-state index is 0.398. The molecule has 0 unspecified atom stereocenters. The molecule has 0 radical (unpaired) electrons. The van der Waals surface area contributed by atoms with Crippen LogP contribution in [0.5, 0.6) is 0 Å². The Morgan fingerprint density at radius 1 is 0.767 bits per heavy atom. The molecule has 0 saturated heterocycles. The zero-order chi connectivity index (χ0) is 22.5. The van der Waals surface area contributed by atoms with E-state index in [1.54, 1.807) is 0 Å². The van der Waals surface area contributed by atoms with Crippen molar-refractivity contribution in [1.82, 2.24) is 10.2 Å². The molecule has 0 aromatic rings. The number of alkyl carbamates (subject to hydrolysis) is 1. The van der Waals surface area contributed by atoms with Crippen LogP contribution in [0.4, 0.5) is 4.79 Å². The molecular formula is C21H46N4O5. The van der Waals surface area contributed by atoms with Crippen molar-refractivity contribution in [3.63, 3.8) is 0 Å². The molecule has 0 bridgehead atoms. The van der Waals surface area contributed by atoms with E-state index in [2.05, 4.69) is 10.2 Å². The van der Waals surface area contributed by atoms with Gasteiger partial charge in [0.25, 0.3) is 0 Å². The molecule has 0 aromatic heterocycles. The third kappa shape index (κ3) is 21.7. The summed E-state index contributed by atoms with van der Waals surface area (Å²) in [6.45, 7) is 14.1. The van der Waals surface area contributed by atoms with E-state index in [9.17, 15) is 4.79 Å². The second-order valence-electron chi connectivity index (χ2n) is 8.10. The molecule has 180 valence electrons. The van der Waals surface area contributed by atoms with Crippen LogP contribution in [-0.4, -0.2) is 95.5 Å². The number of carbonyl (C=O) groups is 1. The van der Waals surface area contributed by atoms with Crippen molar-refractivity contribution in [1.29, 1.82) is 0 Å². The quantitative estimate of drug-likeness (QED) is 0.245. The van der Waals surface area contributed by atoms with E-state index < -0.39 is 11.7 Å². The van der Waals surface area contributed by atoms with Gasteiger partial charge in [0.2, 0.25) is 0 Å². The van der Waals surface area contributed by atoms with E-state index in [0.29, 0.717) is 39.6 Å². The number of nitrogens with one attached hydrogen (secondary N) is 1. The number of nitrogens with zero attached hydrogens (tertiary/aromatic N) is 1. The molecule has 0 atom stereocenters. The summed E-state index contributed by atoms with van der Waals surface area (Å²) in [7, 11) is 0. The molecule has 0 spiro atoms. The average molecular weight is 435 g/mol. The molecule has 1 amide bonds. The van der Waals surface area contributed by atoms with Crippen LogP contribution < -0.4 is 16.8 Å². The first-order valence-electron chi connectivity index (χ1n) is 11.2. The molecule has 9 heteroatoms. The number of amides is 1. The first-order chi connectivity index (χ1) is 14.4. The molecule has 0 aromatic carbocycles. The van der Waals surface area contributed by atoms with Crippen LogP contribution in [0, 0.1) is 0 Å². The minimum atomic E-state index is -0.475. The monoisotopic (exact) mass is 434 g/mol. The number of hydrogen-bond acceptors (Lipinski definition) is 8. The first kappa shape index (κ1) is 29.0. The summed E-state index contributed by atoms with van der Waals surface area (Å²) in [5.41, 5.74) is 10.7. The van der Waals surface area contributed by atoms with Gasteiger partial charge in [0.05, 0.1) is 26.4 Å². The van der Waals surface area contributed by atoms with Crippen molar-refractivity contribution >= 4 is 6.09 Å². The number of hydrogen-bond donors (Lipinski definition) is 3. The summed E-state index contributed by atoms with van der Waals surface area (Å²) in [6, 6.07) is 0. The van der Waals surface area contributed by atoms with Crippen LogP contribution in [0.25, 0.3) is 0 Å². The fraction of sp³-hybridized carbons (Fsp3) is 0.952. The molecule has 0 aliphatic carbocycles. The van der Waals surface area contributed by atoms with Gasteiger partial charge in [-0.05, 0) is 72.6 Å². The van der Waals surface area contributed by atoms with Crippen molar-refractivity contribution in [3.05, 3.63) is 0 Å². The molecule has 0 rings (SSSR count). The third-order valence-corrected chi connectivity index (χ3v) is 4.00. The van der Waals surface area contributed by atoms with Crippen molar-refractivity contribution < 1.29 is 23.7 Å². The van der Waals surface area contributed by atoms with Crippen LogP contribution >= 0.6 is 0 Å². The topological polar surface area (TPSA) is 121 Å². The minimum Gasteiger partial charge on any atom is -0.444 e. The zero-order valence-electron chi connectivity index (χ0n) is 19.5. The van der Waals surface area contributed by atoms with E-state index in [-0.39, 0.29) is 0 Å². The van der Waals surface area contributed by atoms with E-state index >= 15 is 0 Å². The number of rotatable bonds is 20. The molecule has 5 N–H and O–H groups in total. The highest BCUT2D eigenvalue weighted by Gasteiger charge is 2.15. The Labute approximate surface area is 183 Å². The van der Waals surface area contributed by atoms with Crippen LogP contribution in [0.2, 0.25) is 0 Å². The smallest absolute Gasteiger partial charge is 0.407 e. The Morgan fingerprint density at radius 2 is 1.23 bits per heavy atom. The normalized spacial score (nSPS) is 11.8. The Hall–Kier alpha value is -0.970. The largest absolute Gasteiger partial charge is 0.444 e. The molecular weight excluding hydrogens is 388 g/mol. The molecule has 0 aliphatic heterocycles. The lowest BCUT2D eigenvalue weighted by molar-refractivity contribution is 0.0125. The van der Waals surface area contributed by atoms with Gasteiger partial charge in [-0.3, -0.25) is 0 Å². The highest BCUT2D eigenvalue weighted by Crippen LogP contribution is 2.06. The molecule has 0 saturated carbocycles. The Kier molecular flexibility index (Phi) is 19.3. The number of nitrogens with two attached hydrogens (primary N) is 2. The second-order valence-corrected chi connectivity index (χ2v) is 8.10. The Morgan fingerprint density at radius 3 is 1.73 bits per heavy atom. The van der Waals surface area contributed by atoms with Gasteiger partial charge in [-0.25, -0.2) is 4.79 Å². The van der Waals surface area contributed by atoms with E-state index in [1.807, 2.05) is 20.8 Å².